The Morgan fingerprint density at radius 3 is 2.68 bits per heavy atom. The number of rotatable bonds is 5. The molecular formula is C16H25N3O3. The zero-order chi connectivity index (χ0) is 16.1. The molecule has 0 radical (unpaired) electrons. The van der Waals surface area contributed by atoms with Crippen molar-refractivity contribution in [3.63, 3.8) is 0 Å². The van der Waals surface area contributed by atoms with E-state index in [0.29, 0.717) is 24.4 Å². The summed E-state index contributed by atoms with van der Waals surface area (Å²) in [4.78, 5) is 26.1. The number of aryl methyl sites for hydroxylation is 1. The molecule has 0 saturated carbocycles. The second-order valence-electron chi connectivity index (χ2n) is 5.86. The van der Waals surface area contributed by atoms with Crippen molar-refractivity contribution in [3.8, 4) is 0 Å². The highest BCUT2D eigenvalue weighted by Gasteiger charge is 2.27. The van der Waals surface area contributed by atoms with Crippen LogP contribution in [-0.2, 0) is 4.79 Å². The van der Waals surface area contributed by atoms with Crippen molar-refractivity contribution in [2.45, 2.75) is 51.6 Å². The number of carbonyl (C=O) groups excluding carboxylic acids is 2. The maximum absolute atomic E-state index is 12.1. The molecule has 0 aromatic carbocycles. The molecule has 1 saturated heterocycles. The van der Waals surface area contributed by atoms with Gasteiger partial charge in [-0.1, -0.05) is 13.3 Å². The van der Waals surface area contributed by atoms with Gasteiger partial charge in [0, 0.05) is 19.1 Å². The average molecular weight is 307 g/mol. The number of piperidine rings is 1. The lowest BCUT2D eigenvalue weighted by Gasteiger charge is -2.33. The smallest absolute Gasteiger partial charge is 0.255 e. The molecule has 1 aliphatic rings. The maximum atomic E-state index is 12.1. The Bertz CT molecular complexity index is 518. The zero-order valence-electron chi connectivity index (χ0n) is 13.3. The van der Waals surface area contributed by atoms with Gasteiger partial charge in [0.2, 0.25) is 5.91 Å². The molecule has 122 valence electrons. The molecule has 1 fully saturated rings. The molecule has 2 heterocycles. The first-order chi connectivity index (χ1) is 10.5. The summed E-state index contributed by atoms with van der Waals surface area (Å²) in [5.74, 6) is 0.534. The fraction of sp³-hybridized carbons (Fsp3) is 0.625. The largest absolute Gasteiger partial charge is 0.469 e. The quantitative estimate of drug-likeness (QED) is 0.861. The highest BCUT2D eigenvalue weighted by Crippen LogP contribution is 2.14. The Labute approximate surface area is 131 Å². The van der Waals surface area contributed by atoms with Gasteiger partial charge in [-0.2, -0.15) is 0 Å². The molecule has 1 aromatic rings. The number of nitrogens with one attached hydrogen (secondary N) is 1. The molecule has 0 bridgehead atoms. The van der Waals surface area contributed by atoms with Crippen LogP contribution < -0.4 is 11.1 Å². The van der Waals surface area contributed by atoms with E-state index in [0.717, 1.165) is 25.7 Å². The van der Waals surface area contributed by atoms with E-state index < -0.39 is 6.04 Å². The summed E-state index contributed by atoms with van der Waals surface area (Å²) in [5, 5.41) is 3.01. The van der Waals surface area contributed by atoms with Gasteiger partial charge < -0.3 is 20.4 Å². The third-order valence-electron chi connectivity index (χ3n) is 4.16. The molecule has 6 nitrogen and oxygen atoms in total. The number of hydrogen-bond donors (Lipinski definition) is 2. The summed E-state index contributed by atoms with van der Waals surface area (Å²) < 4.78 is 5.15. The predicted molar refractivity (Wildman–Crippen MR) is 83.4 cm³/mol. The van der Waals surface area contributed by atoms with E-state index in [1.165, 1.54) is 6.26 Å². The van der Waals surface area contributed by atoms with Crippen LogP contribution in [0.25, 0.3) is 0 Å². The van der Waals surface area contributed by atoms with Crippen molar-refractivity contribution in [1.29, 1.82) is 0 Å². The van der Waals surface area contributed by atoms with Crippen molar-refractivity contribution in [3.05, 3.63) is 23.7 Å². The number of likely N-dealkylation sites (tertiary alicyclic amines) is 1. The molecule has 3 N–H and O–H groups in total. The highest BCUT2D eigenvalue weighted by atomic mass is 16.3. The van der Waals surface area contributed by atoms with E-state index in [2.05, 4.69) is 5.32 Å². The van der Waals surface area contributed by atoms with Crippen LogP contribution in [0.1, 0.15) is 48.7 Å². The molecule has 6 heteroatoms. The average Bonchev–Trinajstić information content (AvgIpc) is 2.94. The normalized spacial score (nSPS) is 17.3. The van der Waals surface area contributed by atoms with E-state index in [1.54, 1.807) is 13.0 Å². The summed E-state index contributed by atoms with van der Waals surface area (Å²) >= 11 is 0. The summed E-state index contributed by atoms with van der Waals surface area (Å²) in [7, 11) is 0. The minimum absolute atomic E-state index is 0.0253. The lowest BCUT2D eigenvalue weighted by atomic mass is 10.0. The van der Waals surface area contributed by atoms with Gasteiger partial charge in [0.25, 0.3) is 5.91 Å². The number of nitrogens with zero attached hydrogens (tertiary/aromatic N) is 1. The topological polar surface area (TPSA) is 88.6 Å². The minimum Gasteiger partial charge on any atom is -0.469 e. The van der Waals surface area contributed by atoms with E-state index in [-0.39, 0.29) is 17.9 Å². The Morgan fingerprint density at radius 1 is 1.45 bits per heavy atom. The molecule has 1 aromatic heterocycles. The van der Waals surface area contributed by atoms with Crippen molar-refractivity contribution in [1.82, 2.24) is 10.2 Å². The van der Waals surface area contributed by atoms with Crippen LogP contribution in [0.15, 0.2) is 16.7 Å². The maximum Gasteiger partial charge on any atom is 0.255 e. The summed E-state index contributed by atoms with van der Waals surface area (Å²) in [6.07, 6.45) is 4.65. The minimum atomic E-state index is -0.398. The Morgan fingerprint density at radius 2 is 2.14 bits per heavy atom. The summed E-state index contributed by atoms with van der Waals surface area (Å²) in [6, 6.07) is 1.37. The molecule has 2 rings (SSSR count). The van der Waals surface area contributed by atoms with Gasteiger partial charge in [-0.25, -0.2) is 0 Å². The Kier molecular flexibility index (Phi) is 5.60. The molecule has 2 amide bonds. The molecule has 0 aliphatic carbocycles. The van der Waals surface area contributed by atoms with Crippen molar-refractivity contribution in [2.24, 2.45) is 5.73 Å². The third kappa shape index (κ3) is 3.88. The van der Waals surface area contributed by atoms with Crippen LogP contribution >= 0.6 is 0 Å². The Hall–Kier alpha value is -1.82. The predicted octanol–water partition coefficient (Wildman–Crippen LogP) is 1.44. The first-order valence-electron chi connectivity index (χ1n) is 7.92. The first kappa shape index (κ1) is 16.5. The van der Waals surface area contributed by atoms with Crippen molar-refractivity contribution in [2.75, 3.05) is 13.1 Å². The monoisotopic (exact) mass is 307 g/mol. The van der Waals surface area contributed by atoms with Crippen LogP contribution in [0.5, 0.6) is 0 Å². The second-order valence-corrected chi connectivity index (χ2v) is 5.86. The van der Waals surface area contributed by atoms with Crippen LogP contribution in [0.4, 0.5) is 0 Å². The summed E-state index contributed by atoms with van der Waals surface area (Å²) in [6.45, 7) is 5.08. The standard InChI is InChI=1S/C16H25N3O3/c1-3-4-14(17)16(21)19-8-5-12(6-9-19)18-15(20)13-7-10-22-11(13)2/h7,10,12,14H,3-6,8-9,17H2,1-2H3,(H,18,20). The molecular weight excluding hydrogens is 282 g/mol. The van der Waals surface area contributed by atoms with Crippen LogP contribution in [0.2, 0.25) is 0 Å². The number of hydrogen-bond acceptors (Lipinski definition) is 4. The van der Waals surface area contributed by atoms with Gasteiger partial charge in [-0.15, -0.1) is 0 Å². The van der Waals surface area contributed by atoms with E-state index in [1.807, 2.05) is 11.8 Å². The van der Waals surface area contributed by atoms with Crippen LogP contribution in [0.3, 0.4) is 0 Å². The van der Waals surface area contributed by atoms with Gasteiger partial charge in [0.05, 0.1) is 17.9 Å². The fourth-order valence-electron chi connectivity index (χ4n) is 2.80. The first-order valence-corrected chi connectivity index (χ1v) is 7.92. The van der Waals surface area contributed by atoms with Gasteiger partial charge in [-0.3, -0.25) is 9.59 Å². The van der Waals surface area contributed by atoms with Gasteiger partial charge in [-0.05, 0) is 32.3 Å². The Balaban J connectivity index is 1.81. The molecule has 22 heavy (non-hydrogen) atoms. The van der Waals surface area contributed by atoms with E-state index >= 15 is 0 Å². The molecule has 0 spiro atoms. The second kappa shape index (κ2) is 7.45. The van der Waals surface area contributed by atoms with Gasteiger partial charge in [0.15, 0.2) is 0 Å². The zero-order valence-corrected chi connectivity index (χ0v) is 13.3. The van der Waals surface area contributed by atoms with Gasteiger partial charge >= 0.3 is 0 Å². The van der Waals surface area contributed by atoms with Crippen LogP contribution in [-0.4, -0.2) is 41.9 Å². The van der Waals surface area contributed by atoms with E-state index in [4.69, 9.17) is 10.2 Å². The van der Waals surface area contributed by atoms with Crippen LogP contribution in [0, 0.1) is 6.92 Å². The molecule has 1 atom stereocenters. The lowest BCUT2D eigenvalue weighted by Crippen LogP contribution is -2.50. The van der Waals surface area contributed by atoms with Crippen molar-refractivity contribution >= 4 is 11.8 Å². The molecule has 1 aliphatic heterocycles. The number of amides is 2. The van der Waals surface area contributed by atoms with E-state index in [9.17, 15) is 9.59 Å². The number of carbonyl (C=O) groups is 2. The third-order valence-corrected chi connectivity index (χ3v) is 4.16. The number of furan rings is 1. The van der Waals surface area contributed by atoms with Gasteiger partial charge in [0.1, 0.15) is 5.76 Å². The summed E-state index contributed by atoms with van der Waals surface area (Å²) in [5.41, 5.74) is 6.46. The SMILES string of the molecule is CCCC(N)C(=O)N1CCC(NC(=O)c2ccoc2C)CC1. The fourth-order valence-corrected chi connectivity index (χ4v) is 2.80. The highest BCUT2D eigenvalue weighted by molar-refractivity contribution is 5.95. The number of nitrogens with two attached hydrogens (primary N) is 1. The molecule has 1 unspecified atom stereocenters. The van der Waals surface area contributed by atoms with Crippen molar-refractivity contribution < 1.29 is 14.0 Å². The lowest BCUT2D eigenvalue weighted by molar-refractivity contribution is -0.133.